The Hall–Kier alpha value is -1.62. The summed E-state index contributed by atoms with van der Waals surface area (Å²) in [5.41, 5.74) is 1.09. The highest BCUT2D eigenvalue weighted by Crippen LogP contribution is 2.61. The zero-order chi connectivity index (χ0) is 19.2. The van der Waals surface area contributed by atoms with Crippen LogP contribution >= 0.6 is 0 Å². The van der Waals surface area contributed by atoms with Crippen molar-refractivity contribution in [2.75, 3.05) is 13.2 Å². The molecule has 3 aliphatic rings. The smallest absolute Gasteiger partial charge is 0.341 e. The van der Waals surface area contributed by atoms with Gasteiger partial charge in [-0.1, -0.05) is 13.8 Å². The van der Waals surface area contributed by atoms with E-state index in [4.69, 9.17) is 9.47 Å². The predicted octanol–water partition coefficient (Wildman–Crippen LogP) is 4.45. The van der Waals surface area contributed by atoms with Crippen molar-refractivity contribution in [1.82, 2.24) is 0 Å². The summed E-state index contributed by atoms with van der Waals surface area (Å²) in [5.74, 6) is 0.478. The second-order valence-electron chi connectivity index (χ2n) is 9.12. The van der Waals surface area contributed by atoms with Crippen LogP contribution in [0.25, 0.3) is 0 Å². The molecule has 3 saturated carbocycles. The van der Waals surface area contributed by atoms with Crippen molar-refractivity contribution >= 4 is 5.97 Å². The van der Waals surface area contributed by atoms with Gasteiger partial charge in [-0.15, -0.1) is 0 Å². The van der Waals surface area contributed by atoms with Crippen LogP contribution in [0.15, 0.2) is 12.1 Å². The Morgan fingerprint density at radius 2 is 2.11 bits per heavy atom. The first-order valence-electron chi connectivity index (χ1n) is 10.2. The third-order valence-electron chi connectivity index (χ3n) is 6.29. The number of aliphatic hydroxyl groups excluding tert-OH is 1. The average Bonchev–Trinajstić information content (AvgIpc) is 3.52. The molecule has 4 nitrogen and oxygen atoms in total. The van der Waals surface area contributed by atoms with Crippen LogP contribution in [0.4, 0.5) is 4.39 Å². The minimum absolute atomic E-state index is 0.00755. The molecule has 5 heteroatoms. The van der Waals surface area contributed by atoms with Crippen molar-refractivity contribution < 1.29 is 23.8 Å². The van der Waals surface area contributed by atoms with Crippen molar-refractivity contribution in [1.29, 1.82) is 0 Å². The van der Waals surface area contributed by atoms with E-state index in [2.05, 4.69) is 0 Å². The maximum absolute atomic E-state index is 14.6. The lowest BCUT2D eigenvalue weighted by molar-refractivity contribution is 0.0453. The van der Waals surface area contributed by atoms with Gasteiger partial charge in [0.25, 0.3) is 0 Å². The topological polar surface area (TPSA) is 55.8 Å². The monoisotopic (exact) mass is 376 g/mol. The molecule has 3 unspecified atom stereocenters. The molecule has 0 aliphatic heterocycles. The van der Waals surface area contributed by atoms with Crippen molar-refractivity contribution in [2.24, 2.45) is 17.3 Å². The fraction of sp³-hybridized carbons (Fsp3) is 0.682. The van der Waals surface area contributed by atoms with E-state index in [0.717, 1.165) is 44.1 Å². The Kier molecular flexibility index (Phi) is 4.91. The summed E-state index contributed by atoms with van der Waals surface area (Å²) in [5, 5.41) is 9.79. The zero-order valence-electron chi connectivity index (χ0n) is 16.2. The lowest BCUT2D eigenvalue weighted by atomic mass is 9.87. The van der Waals surface area contributed by atoms with Crippen molar-refractivity contribution in [3.63, 3.8) is 0 Å². The Labute approximate surface area is 160 Å². The number of fused-ring (bicyclic) bond motifs is 1. The molecule has 1 aromatic rings. The standard InChI is InChI=1S/C22H29FO4/c1-13(2)11-26-21(25)18-8-17(14-3-4-14)20(9-19(18)23)27-12-22-6-5-16(24)7-15(22)10-22/h8-9,13-16,24H,3-7,10-12H2,1-2H3. The van der Waals surface area contributed by atoms with E-state index >= 15 is 0 Å². The molecule has 0 amide bonds. The summed E-state index contributed by atoms with van der Waals surface area (Å²) in [6, 6.07) is 3.00. The van der Waals surface area contributed by atoms with Gasteiger partial charge in [0.15, 0.2) is 0 Å². The van der Waals surface area contributed by atoms with Gasteiger partial charge < -0.3 is 14.6 Å². The van der Waals surface area contributed by atoms with Gasteiger partial charge in [0, 0.05) is 11.5 Å². The molecule has 3 atom stereocenters. The minimum Gasteiger partial charge on any atom is -0.493 e. The SMILES string of the molecule is CC(C)COC(=O)c1cc(C2CC2)c(OCC23CCC(O)CC2C3)cc1F. The molecule has 0 radical (unpaired) electrons. The molecule has 27 heavy (non-hydrogen) atoms. The summed E-state index contributed by atoms with van der Waals surface area (Å²) in [7, 11) is 0. The van der Waals surface area contributed by atoms with Crippen LogP contribution in [0.1, 0.15) is 74.2 Å². The van der Waals surface area contributed by atoms with E-state index in [1.54, 1.807) is 6.07 Å². The van der Waals surface area contributed by atoms with E-state index in [1.165, 1.54) is 6.07 Å². The molecule has 0 heterocycles. The van der Waals surface area contributed by atoms with Gasteiger partial charge in [0.05, 0.1) is 24.9 Å². The van der Waals surface area contributed by atoms with Crippen LogP contribution in [0.2, 0.25) is 0 Å². The van der Waals surface area contributed by atoms with Gasteiger partial charge in [-0.2, -0.15) is 0 Å². The largest absolute Gasteiger partial charge is 0.493 e. The Morgan fingerprint density at radius 1 is 1.33 bits per heavy atom. The molecular formula is C22H29FO4. The number of carbonyl (C=O) groups is 1. The summed E-state index contributed by atoms with van der Waals surface area (Å²) in [6.07, 6.45) is 5.65. The Bertz CT molecular complexity index is 727. The van der Waals surface area contributed by atoms with Crippen LogP contribution < -0.4 is 4.74 Å². The third-order valence-corrected chi connectivity index (χ3v) is 6.29. The third kappa shape index (κ3) is 3.98. The van der Waals surface area contributed by atoms with Crippen LogP contribution in [-0.4, -0.2) is 30.4 Å². The van der Waals surface area contributed by atoms with Gasteiger partial charge >= 0.3 is 5.97 Å². The van der Waals surface area contributed by atoms with Crippen LogP contribution in [0.5, 0.6) is 5.75 Å². The van der Waals surface area contributed by atoms with E-state index < -0.39 is 11.8 Å². The van der Waals surface area contributed by atoms with Crippen molar-refractivity contribution in [2.45, 2.75) is 64.4 Å². The molecule has 148 valence electrons. The highest BCUT2D eigenvalue weighted by atomic mass is 19.1. The maximum Gasteiger partial charge on any atom is 0.341 e. The minimum atomic E-state index is -0.600. The van der Waals surface area contributed by atoms with Gasteiger partial charge in [0.1, 0.15) is 11.6 Å². The molecule has 0 saturated heterocycles. The van der Waals surface area contributed by atoms with E-state index in [0.29, 0.717) is 24.2 Å². The molecular weight excluding hydrogens is 347 g/mol. The van der Waals surface area contributed by atoms with Gasteiger partial charge in [-0.05, 0) is 67.9 Å². The number of ether oxygens (including phenoxy) is 2. The summed E-state index contributed by atoms with van der Waals surface area (Å²) >= 11 is 0. The number of halogens is 1. The molecule has 3 fully saturated rings. The molecule has 3 aliphatic carbocycles. The molecule has 0 spiro atoms. The highest BCUT2D eigenvalue weighted by molar-refractivity contribution is 5.90. The lowest BCUT2D eigenvalue weighted by Crippen LogP contribution is -2.25. The summed E-state index contributed by atoms with van der Waals surface area (Å²) in [6.45, 7) is 4.75. The van der Waals surface area contributed by atoms with Crippen LogP contribution in [-0.2, 0) is 4.74 Å². The summed E-state index contributed by atoms with van der Waals surface area (Å²) in [4.78, 5) is 12.2. The number of rotatable bonds is 7. The first-order chi connectivity index (χ1) is 12.9. The van der Waals surface area contributed by atoms with Gasteiger partial charge in [0.2, 0.25) is 0 Å². The number of hydrogen-bond donors (Lipinski definition) is 1. The molecule has 1 N–H and O–H groups in total. The fourth-order valence-corrected chi connectivity index (χ4v) is 4.33. The number of aliphatic hydroxyl groups is 1. The van der Waals surface area contributed by atoms with Crippen LogP contribution in [0.3, 0.4) is 0 Å². The fourth-order valence-electron chi connectivity index (χ4n) is 4.33. The molecule has 1 aromatic carbocycles. The number of esters is 1. The number of benzene rings is 1. The van der Waals surface area contributed by atoms with Crippen LogP contribution in [0, 0.1) is 23.1 Å². The molecule has 0 aromatic heterocycles. The molecule has 0 bridgehead atoms. The predicted molar refractivity (Wildman–Crippen MR) is 99.4 cm³/mol. The van der Waals surface area contributed by atoms with E-state index in [-0.39, 0.29) is 29.6 Å². The second kappa shape index (κ2) is 7.08. The first-order valence-corrected chi connectivity index (χ1v) is 10.2. The maximum atomic E-state index is 14.6. The lowest BCUT2D eigenvalue weighted by Gasteiger charge is -2.26. The summed E-state index contributed by atoms with van der Waals surface area (Å²) < 4.78 is 25.9. The van der Waals surface area contributed by atoms with E-state index in [1.807, 2.05) is 13.8 Å². The molecule has 4 rings (SSSR count). The van der Waals surface area contributed by atoms with Gasteiger partial charge in [-0.3, -0.25) is 0 Å². The number of carbonyl (C=O) groups excluding carboxylic acids is 1. The highest BCUT2D eigenvalue weighted by Gasteiger charge is 2.57. The van der Waals surface area contributed by atoms with Crippen molar-refractivity contribution in [3.05, 3.63) is 29.1 Å². The quantitative estimate of drug-likeness (QED) is 0.715. The second-order valence-corrected chi connectivity index (χ2v) is 9.12. The van der Waals surface area contributed by atoms with E-state index in [9.17, 15) is 14.3 Å². The normalized spacial score (nSPS) is 29.4. The van der Waals surface area contributed by atoms with Crippen molar-refractivity contribution in [3.8, 4) is 5.75 Å². The Balaban J connectivity index is 1.48. The van der Waals surface area contributed by atoms with Gasteiger partial charge in [-0.25, -0.2) is 9.18 Å². The zero-order valence-corrected chi connectivity index (χ0v) is 16.2. The average molecular weight is 376 g/mol. The Morgan fingerprint density at radius 3 is 2.78 bits per heavy atom. The number of hydrogen-bond acceptors (Lipinski definition) is 4. The first kappa shape index (κ1) is 18.7.